The number of nitrogens with one attached hydrogen (secondary N) is 2. The molecule has 0 amide bonds. The average molecular weight is 515 g/mol. The molecule has 0 saturated heterocycles. The molecule has 2 aromatic carbocycles. The van der Waals surface area contributed by atoms with Crippen LogP contribution < -0.4 is 29.6 Å². The van der Waals surface area contributed by atoms with E-state index >= 15 is 0 Å². The standard InChI is InChI=1S/C21H29N3O4.HI/c1-6-22-21(24-16-9-11-17(25-3)20(13-16)27-5)23-14-15-8-10-18(28-7-2)19(12-15)26-4;/h8-13H,6-7,14H2,1-5H3,(H2,22,23,24);1H. The quantitative estimate of drug-likeness (QED) is 0.295. The number of benzene rings is 2. The van der Waals surface area contributed by atoms with Crippen molar-refractivity contribution in [3.8, 4) is 23.0 Å². The summed E-state index contributed by atoms with van der Waals surface area (Å²) in [6.45, 7) is 5.79. The Morgan fingerprint density at radius 3 is 2.14 bits per heavy atom. The monoisotopic (exact) mass is 515 g/mol. The molecular weight excluding hydrogens is 485 g/mol. The van der Waals surface area contributed by atoms with Crippen molar-refractivity contribution >= 4 is 35.6 Å². The molecule has 7 nitrogen and oxygen atoms in total. The topological polar surface area (TPSA) is 73.3 Å². The van der Waals surface area contributed by atoms with E-state index in [1.807, 2.05) is 50.2 Å². The van der Waals surface area contributed by atoms with Crippen molar-refractivity contribution in [2.45, 2.75) is 20.4 Å². The summed E-state index contributed by atoms with van der Waals surface area (Å²) in [5, 5.41) is 6.52. The lowest BCUT2D eigenvalue weighted by Gasteiger charge is -2.14. The molecule has 29 heavy (non-hydrogen) atoms. The van der Waals surface area contributed by atoms with E-state index in [9.17, 15) is 0 Å². The third-order valence-electron chi connectivity index (χ3n) is 3.94. The largest absolute Gasteiger partial charge is 0.493 e. The number of hydrogen-bond donors (Lipinski definition) is 2. The van der Waals surface area contributed by atoms with Crippen molar-refractivity contribution in [3.63, 3.8) is 0 Å². The second-order valence-corrected chi connectivity index (χ2v) is 5.81. The highest BCUT2D eigenvalue weighted by Gasteiger charge is 2.08. The lowest BCUT2D eigenvalue weighted by atomic mass is 10.2. The summed E-state index contributed by atoms with van der Waals surface area (Å²) < 4.78 is 21.6. The van der Waals surface area contributed by atoms with Gasteiger partial charge in [0.05, 0.1) is 34.5 Å². The van der Waals surface area contributed by atoms with E-state index in [0.717, 1.165) is 23.5 Å². The molecule has 0 aliphatic heterocycles. The Balaban J connectivity index is 0.00000420. The first-order valence-corrected chi connectivity index (χ1v) is 9.22. The van der Waals surface area contributed by atoms with E-state index < -0.39 is 0 Å². The molecule has 0 fully saturated rings. The Labute approximate surface area is 189 Å². The second-order valence-electron chi connectivity index (χ2n) is 5.81. The van der Waals surface area contributed by atoms with Gasteiger partial charge in [0.1, 0.15) is 0 Å². The highest BCUT2D eigenvalue weighted by Crippen LogP contribution is 2.30. The maximum atomic E-state index is 5.56. The molecule has 160 valence electrons. The van der Waals surface area contributed by atoms with Crippen LogP contribution in [0.3, 0.4) is 0 Å². The summed E-state index contributed by atoms with van der Waals surface area (Å²) in [5.41, 5.74) is 1.87. The number of anilines is 1. The van der Waals surface area contributed by atoms with Crippen molar-refractivity contribution < 1.29 is 18.9 Å². The molecule has 0 heterocycles. The first kappa shape index (κ1) is 24.7. The minimum atomic E-state index is 0. The van der Waals surface area contributed by atoms with Crippen LogP contribution in [0.1, 0.15) is 19.4 Å². The molecule has 2 N–H and O–H groups in total. The first-order valence-electron chi connectivity index (χ1n) is 9.22. The molecule has 0 radical (unpaired) electrons. The minimum Gasteiger partial charge on any atom is -0.493 e. The fraction of sp³-hybridized carbons (Fsp3) is 0.381. The van der Waals surface area contributed by atoms with E-state index in [0.29, 0.717) is 36.4 Å². The highest BCUT2D eigenvalue weighted by molar-refractivity contribution is 14.0. The Kier molecular flexibility index (Phi) is 11.0. The van der Waals surface area contributed by atoms with Crippen molar-refractivity contribution in [1.82, 2.24) is 5.32 Å². The van der Waals surface area contributed by atoms with Crippen LogP contribution in [0.2, 0.25) is 0 Å². The van der Waals surface area contributed by atoms with Crippen molar-refractivity contribution in [2.24, 2.45) is 4.99 Å². The summed E-state index contributed by atoms with van der Waals surface area (Å²) in [6, 6.07) is 11.5. The average Bonchev–Trinajstić information content (AvgIpc) is 2.73. The molecule has 0 atom stereocenters. The van der Waals surface area contributed by atoms with Gasteiger partial charge < -0.3 is 29.6 Å². The van der Waals surface area contributed by atoms with Crippen LogP contribution in [-0.2, 0) is 6.54 Å². The molecule has 2 aromatic rings. The summed E-state index contributed by atoms with van der Waals surface area (Å²) in [5.74, 6) is 3.43. The third-order valence-corrected chi connectivity index (χ3v) is 3.94. The smallest absolute Gasteiger partial charge is 0.196 e. The number of hydrogen-bond acceptors (Lipinski definition) is 5. The van der Waals surface area contributed by atoms with Gasteiger partial charge in [-0.15, -0.1) is 24.0 Å². The van der Waals surface area contributed by atoms with E-state index in [4.69, 9.17) is 18.9 Å². The number of rotatable bonds is 9. The lowest BCUT2D eigenvalue weighted by molar-refractivity contribution is 0.310. The molecule has 0 aliphatic carbocycles. The molecular formula is C21H30IN3O4. The normalized spacial score (nSPS) is 10.6. The zero-order valence-corrected chi connectivity index (χ0v) is 19.9. The molecule has 0 spiro atoms. The minimum absolute atomic E-state index is 0. The number of ether oxygens (including phenoxy) is 4. The predicted molar refractivity (Wildman–Crippen MR) is 128 cm³/mol. The molecule has 2 rings (SSSR count). The number of halogens is 1. The zero-order chi connectivity index (χ0) is 20.4. The van der Waals surface area contributed by atoms with Gasteiger partial charge in [0.15, 0.2) is 29.0 Å². The van der Waals surface area contributed by atoms with Crippen LogP contribution >= 0.6 is 24.0 Å². The van der Waals surface area contributed by atoms with Crippen molar-refractivity contribution in [1.29, 1.82) is 0 Å². The molecule has 8 heteroatoms. The predicted octanol–water partition coefficient (Wildman–Crippen LogP) is 4.31. The number of guanidine groups is 1. The maximum absolute atomic E-state index is 5.56. The van der Waals surface area contributed by atoms with Gasteiger partial charge in [-0.3, -0.25) is 0 Å². The van der Waals surface area contributed by atoms with Crippen molar-refractivity contribution in [3.05, 3.63) is 42.0 Å². The molecule has 0 unspecified atom stereocenters. The Morgan fingerprint density at radius 2 is 1.52 bits per heavy atom. The van der Waals surface area contributed by atoms with Crippen LogP contribution in [0.25, 0.3) is 0 Å². The number of nitrogens with zero attached hydrogens (tertiary/aromatic N) is 1. The van der Waals surface area contributed by atoms with Gasteiger partial charge in [-0.25, -0.2) is 4.99 Å². The van der Waals surface area contributed by atoms with Gasteiger partial charge in [-0.05, 0) is 43.7 Å². The summed E-state index contributed by atoms with van der Waals surface area (Å²) in [4.78, 5) is 4.65. The van der Waals surface area contributed by atoms with E-state index in [1.165, 1.54) is 0 Å². The van der Waals surface area contributed by atoms with Gasteiger partial charge in [-0.1, -0.05) is 6.07 Å². The highest BCUT2D eigenvalue weighted by atomic mass is 127. The Bertz CT molecular complexity index is 799. The molecule has 0 aromatic heterocycles. The number of methoxy groups -OCH3 is 3. The van der Waals surface area contributed by atoms with Crippen LogP contribution in [0.15, 0.2) is 41.4 Å². The van der Waals surface area contributed by atoms with Crippen molar-refractivity contribution in [2.75, 3.05) is 39.8 Å². The van der Waals surface area contributed by atoms with E-state index in [2.05, 4.69) is 15.6 Å². The summed E-state index contributed by atoms with van der Waals surface area (Å²) in [6.07, 6.45) is 0. The molecule has 0 aliphatic rings. The fourth-order valence-electron chi connectivity index (χ4n) is 2.61. The molecule has 0 saturated carbocycles. The lowest BCUT2D eigenvalue weighted by Crippen LogP contribution is -2.30. The SMILES string of the molecule is CCNC(=NCc1ccc(OCC)c(OC)c1)Nc1ccc(OC)c(OC)c1.I. The van der Waals surface area contributed by atoms with Gasteiger partial charge in [0.2, 0.25) is 0 Å². The second kappa shape index (κ2) is 13.0. The van der Waals surface area contributed by atoms with E-state index in [-0.39, 0.29) is 24.0 Å². The Hall–Kier alpha value is -2.36. The molecule has 0 bridgehead atoms. The Morgan fingerprint density at radius 1 is 0.862 bits per heavy atom. The van der Waals surface area contributed by atoms with Crippen LogP contribution in [0.4, 0.5) is 5.69 Å². The van der Waals surface area contributed by atoms with Crippen LogP contribution in [0, 0.1) is 0 Å². The zero-order valence-electron chi connectivity index (χ0n) is 17.6. The fourth-order valence-corrected chi connectivity index (χ4v) is 2.61. The maximum Gasteiger partial charge on any atom is 0.196 e. The van der Waals surface area contributed by atoms with Gasteiger partial charge in [0.25, 0.3) is 0 Å². The van der Waals surface area contributed by atoms with Crippen LogP contribution in [0.5, 0.6) is 23.0 Å². The van der Waals surface area contributed by atoms with Gasteiger partial charge in [-0.2, -0.15) is 0 Å². The summed E-state index contributed by atoms with van der Waals surface area (Å²) in [7, 11) is 4.86. The van der Waals surface area contributed by atoms with E-state index in [1.54, 1.807) is 21.3 Å². The third kappa shape index (κ3) is 7.19. The number of aliphatic imine (C=N–C) groups is 1. The van der Waals surface area contributed by atoms with Gasteiger partial charge >= 0.3 is 0 Å². The first-order chi connectivity index (χ1) is 13.6. The van der Waals surface area contributed by atoms with Crippen LogP contribution in [-0.4, -0.2) is 40.4 Å². The van der Waals surface area contributed by atoms with Gasteiger partial charge in [0, 0.05) is 18.3 Å². The summed E-state index contributed by atoms with van der Waals surface area (Å²) >= 11 is 0.